The van der Waals surface area contributed by atoms with Gasteiger partial charge in [-0.3, -0.25) is 14.3 Å². The smallest absolute Gasteiger partial charge is 0.233 e. The van der Waals surface area contributed by atoms with E-state index < -0.39 is 0 Å². The third-order valence-electron chi connectivity index (χ3n) is 7.99. The van der Waals surface area contributed by atoms with E-state index in [-0.39, 0.29) is 11.3 Å². The Morgan fingerprint density at radius 2 is 1.76 bits per heavy atom. The van der Waals surface area contributed by atoms with Crippen molar-refractivity contribution in [1.82, 2.24) is 24.3 Å². The van der Waals surface area contributed by atoms with Crippen LogP contribution in [-0.4, -0.2) is 56.4 Å². The lowest BCUT2D eigenvalue weighted by atomic mass is 9.90. The van der Waals surface area contributed by atoms with Gasteiger partial charge in [0.05, 0.1) is 0 Å². The average molecular weight is 454 g/mol. The third kappa shape index (κ3) is 4.07. The summed E-state index contributed by atoms with van der Waals surface area (Å²) >= 11 is 0. The van der Waals surface area contributed by atoms with Crippen molar-refractivity contribution in [2.24, 2.45) is 11.3 Å². The van der Waals surface area contributed by atoms with Crippen LogP contribution in [0.15, 0.2) is 73.2 Å². The molecule has 0 radical (unpaired) electrons. The van der Waals surface area contributed by atoms with Gasteiger partial charge in [-0.1, -0.05) is 36.4 Å². The molecule has 174 valence electrons. The summed E-state index contributed by atoms with van der Waals surface area (Å²) in [5, 5.41) is 0. The molecule has 2 fully saturated rings. The molecule has 0 N–H and O–H groups in total. The van der Waals surface area contributed by atoms with Gasteiger partial charge in [-0.25, -0.2) is 9.97 Å². The van der Waals surface area contributed by atoms with E-state index >= 15 is 0 Å². The molecule has 1 spiro atoms. The number of hydrogen-bond acceptors (Lipinski definition) is 4. The summed E-state index contributed by atoms with van der Waals surface area (Å²) in [7, 11) is 0. The summed E-state index contributed by atoms with van der Waals surface area (Å²) in [4.78, 5) is 26.7. The number of nitrogens with zero attached hydrogens (tertiary/aromatic N) is 5. The Kier molecular flexibility index (Phi) is 5.53. The summed E-state index contributed by atoms with van der Waals surface area (Å²) in [6, 6.07) is 16.6. The van der Waals surface area contributed by atoms with Crippen molar-refractivity contribution >= 4 is 11.5 Å². The van der Waals surface area contributed by atoms with Crippen molar-refractivity contribution < 1.29 is 4.79 Å². The van der Waals surface area contributed by atoms with E-state index in [1.54, 1.807) is 12.4 Å². The van der Waals surface area contributed by atoms with Crippen molar-refractivity contribution in [2.45, 2.75) is 32.2 Å². The van der Waals surface area contributed by atoms with E-state index in [4.69, 9.17) is 0 Å². The Morgan fingerprint density at radius 3 is 2.50 bits per heavy atom. The van der Waals surface area contributed by atoms with E-state index in [1.165, 1.54) is 16.8 Å². The van der Waals surface area contributed by atoms with Crippen molar-refractivity contribution in [3.63, 3.8) is 0 Å². The number of carbonyl (C=O) groups excluding carboxylic acids is 1. The zero-order chi connectivity index (χ0) is 23.0. The van der Waals surface area contributed by atoms with Gasteiger partial charge in [0.2, 0.25) is 11.9 Å². The lowest BCUT2D eigenvalue weighted by Crippen LogP contribution is -2.39. The molecule has 3 aliphatic rings. The quantitative estimate of drug-likeness (QED) is 0.582. The number of likely N-dealkylation sites (tertiary alicyclic amines) is 1. The minimum atomic E-state index is 0.225. The molecule has 3 aromatic rings. The van der Waals surface area contributed by atoms with Crippen LogP contribution in [0, 0.1) is 11.3 Å². The van der Waals surface area contributed by atoms with Crippen LogP contribution in [0.25, 0.3) is 11.5 Å². The van der Waals surface area contributed by atoms with Gasteiger partial charge in [-0.05, 0) is 73.5 Å². The average Bonchev–Trinajstić information content (AvgIpc) is 3.40. The van der Waals surface area contributed by atoms with Crippen LogP contribution < -0.4 is 0 Å². The Hall–Kier alpha value is -3.25. The van der Waals surface area contributed by atoms with Gasteiger partial charge >= 0.3 is 0 Å². The van der Waals surface area contributed by atoms with Crippen molar-refractivity contribution in [1.29, 1.82) is 0 Å². The van der Waals surface area contributed by atoms with E-state index in [2.05, 4.69) is 72.9 Å². The maximum Gasteiger partial charge on any atom is 0.233 e. The van der Waals surface area contributed by atoms with Crippen molar-refractivity contribution in [3.8, 4) is 5.95 Å². The fraction of sp³-hybridized carbons (Fsp3) is 0.393. The molecule has 2 aromatic heterocycles. The summed E-state index contributed by atoms with van der Waals surface area (Å²) in [6.07, 6.45) is 12.1. The first-order valence-electron chi connectivity index (χ1n) is 12.4. The highest BCUT2D eigenvalue weighted by Crippen LogP contribution is 2.60. The van der Waals surface area contributed by atoms with Crippen LogP contribution in [-0.2, 0) is 11.3 Å². The van der Waals surface area contributed by atoms with Gasteiger partial charge in [-0.2, -0.15) is 0 Å². The van der Waals surface area contributed by atoms with Gasteiger partial charge in [0.25, 0.3) is 0 Å². The van der Waals surface area contributed by atoms with E-state index in [1.807, 2.05) is 12.3 Å². The molecular weight excluding hydrogens is 422 g/mol. The largest absolute Gasteiger partial charge is 0.338 e. The Morgan fingerprint density at radius 1 is 0.971 bits per heavy atom. The van der Waals surface area contributed by atoms with Crippen LogP contribution >= 0.6 is 0 Å². The molecule has 1 aliphatic carbocycles. The molecule has 34 heavy (non-hydrogen) atoms. The highest BCUT2D eigenvalue weighted by molar-refractivity contribution is 5.84. The molecule has 1 aromatic carbocycles. The minimum absolute atomic E-state index is 0.225. The minimum Gasteiger partial charge on any atom is -0.338 e. The number of piperidine rings is 1. The number of rotatable bonds is 5. The van der Waals surface area contributed by atoms with Crippen LogP contribution in [0.2, 0.25) is 0 Å². The van der Waals surface area contributed by atoms with Crippen molar-refractivity contribution in [2.75, 3.05) is 26.2 Å². The number of hydrogen-bond donors (Lipinski definition) is 0. The second kappa shape index (κ2) is 8.84. The predicted molar refractivity (Wildman–Crippen MR) is 132 cm³/mol. The maximum atomic E-state index is 13.3. The molecule has 1 amide bonds. The first-order valence-corrected chi connectivity index (χ1v) is 12.4. The number of benzene rings is 1. The maximum absolute atomic E-state index is 13.3. The molecule has 1 saturated heterocycles. The second-order valence-corrected chi connectivity index (χ2v) is 9.94. The Balaban J connectivity index is 1.03. The summed E-state index contributed by atoms with van der Waals surface area (Å²) < 4.78 is 2.07. The second-order valence-electron chi connectivity index (χ2n) is 9.94. The first kappa shape index (κ1) is 21.3. The number of aromatic nitrogens is 3. The zero-order valence-corrected chi connectivity index (χ0v) is 19.5. The molecular formula is C28H31N5O. The Labute approximate surface area is 200 Å². The third-order valence-corrected chi connectivity index (χ3v) is 7.99. The number of amides is 1. The molecule has 0 bridgehead atoms. The molecule has 1 saturated carbocycles. The molecule has 6 nitrogen and oxygen atoms in total. The lowest BCUT2D eigenvalue weighted by Gasteiger charge is -2.34. The fourth-order valence-electron chi connectivity index (χ4n) is 5.79. The van der Waals surface area contributed by atoms with Crippen LogP contribution in [0.4, 0.5) is 0 Å². The lowest BCUT2D eigenvalue weighted by molar-refractivity contribution is -0.133. The fourth-order valence-corrected chi connectivity index (χ4v) is 5.79. The van der Waals surface area contributed by atoms with Crippen LogP contribution in [0.5, 0.6) is 0 Å². The van der Waals surface area contributed by atoms with E-state index in [0.717, 1.165) is 64.4 Å². The van der Waals surface area contributed by atoms with Gasteiger partial charge in [0, 0.05) is 49.8 Å². The SMILES string of the molecule is O=C([C@H]1CC12CCN(Cc1cccn1-c1ncccn1)CC2)N1CC=C(c2ccccc2)CC1. The molecule has 6 rings (SSSR count). The van der Waals surface area contributed by atoms with Gasteiger partial charge in [0.15, 0.2) is 0 Å². The van der Waals surface area contributed by atoms with Crippen LogP contribution in [0.3, 0.4) is 0 Å². The molecule has 6 heteroatoms. The topological polar surface area (TPSA) is 54.3 Å². The molecule has 0 unspecified atom stereocenters. The standard InChI is InChI=1S/C28H31N5O/c34-26(32-16-9-23(10-17-32)22-6-2-1-3-7-22)25-20-28(25)11-18-31(19-12-28)21-24-8-4-15-33(24)27-29-13-5-14-30-27/h1-9,13-15,25H,10-12,16-21H2/t25-/m1/s1. The monoisotopic (exact) mass is 453 g/mol. The van der Waals surface area contributed by atoms with E-state index in [0.29, 0.717) is 5.91 Å². The van der Waals surface area contributed by atoms with Gasteiger partial charge < -0.3 is 4.90 Å². The highest BCUT2D eigenvalue weighted by Gasteiger charge is 2.59. The molecule has 1 atom stereocenters. The molecule has 4 heterocycles. The summed E-state index contributed by atoms with van der Waals surface area (Å²) in [6.45, 7) is 4.57. The predicted octanol–water partition coefficient (Wildman–Crippen LogP) is 4.19. The highest BCUT2D eigenvalue weighted by atomic mass is 16.2. The van der Waals surface area contributed by atoms with Gasteiger partial charge in [0.1, 0.15) is 0 Å². The number of carbonyl (C=O) groups is 1. The molecule has 2 aliphatic heterocycles. The summed E-state index contributed by atoms with van der Waals surface area (Å²) in [5.74, 6) is 1.32. The zero-order valence-electron chi connectivity index (χ0n) is 19.5. The van der Waals surface area contributed by atoms with Gasteiger partial charge in [-0.15, -0.1) is 0 Å². The summed E-state index contributed by atoms with van der Waals surface area (Å²) in [5.41, 5.74) is 4.10. The Bertz CT molecular complexity index is 1180. The van der Waals surface area contributed by atoms with E-state index in [9.17, 15) is 4.79 Å². The normalized spacial score (nSPS) is 21.9. The van der Waals surface area contributed by atoms with Crippen LogP contribution in [0.1, 0.15) is 36.9 Å². The first-order chi connectivity index (χ1) is 16.7. The van der Waals surface area contributed by atoms with Crippen molar-refractivity contribution in [3.05, 3.63) is 84.5 Å².